The summed E-state index contributed by atoms with van der Waals surface area (Å²) in [6.07, 6.45) is 4.79. The number of nitrogens with one attached hydrogen (secondary N) is 3. The van der Waals surface area contributed by atoms with Crippen molar-refractivity contribution in [2.75, 3.05) is 46.4 Å². The monoisotopic (exact) mass is 364 g/mol. The van der Waals surface area contributed by atoms with Gasteiger partial charge >= 0.3 is 5.97 Å². The van der Waals surface area contributed by atoms with Crippen LogP contribution in [0.25, 0.3) is 0 Å². The summed E-state index contributed by atoms with van der Waals surface area (Å²) in [4.78, 5) is 11.6. The molecule has 0 spiro atoms. The van der Waals surface area contributed by atoms with E-state index in [0.717, 1.165) is 57.7 Å². The van der Waals surface area contributed by atoms with Gasteiger partial charge in [0.25, 0.3) is 0 Å². The van der Waals surface area contributed by atoms with Gasteiger partial charge in [-0.1, -0.05) is 30.3 Å². The van der Waals surface area contributed by atoms with Gasteiger partial charge in [0, 0.05) is 6.04 Å². The second-order valence-electron chi connectivity index (χ2n) is 6.40. The fourth-order valence-electron chi connectivity index (χ4n) is 2.71. The molecule has 0 aliphatic carbocycles. The van der Waals surface area contributed by atoms with Crippen LogP contribution in [0.4, 0.5) is 0 Å². The quantitative estimate of drug-likeness (QED) is 0.263. The Morgan fingerprint density at radius 1 is 0.962 bits per heavy atom. The molecule has 5 N–H and O–H groups in total. The molecule has 1 atom stereocenters. The summed E-state index contributed by atoms with van der Waals surface area (Å²) in [6.45, 7) is 5.73. The maximum atomic E-state index is 11.6. The second-order valence-corrected chi connectivity index (χ2v) is 6.40. The topological polar surface area (TPSA) is 88.4 Å². The van der Waals surface area contributed by atoms with Crippen LogP contribution in [-0.4, -0.2) is 52.3 Å². The molecule has 26 heavy (non-hydrogen) atoms. The van der Waals surface area contributed by atoms with E-state index < -0.39 is 0 Å². The van der Waals surface area contributed by atoms with E-state index in [0.29, 0.717) is 6.42 Å². The van der Waals surface area contributed by atoms with Gasteiger partial charge < -0.3 is 26.4 Å². The number of hydrogen-bond donors (Lipinski definition) is 4. The number of methoxy groups -OCH3 is 1. The average molecular weight is 365 g/mol. The first-order valence-electron chi connectivity index (χ1n) is 9.74. The Hall–Kier alpha value is -1.47. The van der Waals surface area contributed by atoms with Crippen LogP contribution in [0.15, 0.2) is 30.3 Å². The van der Waals surface area contributed by atoms with Crippen LogP contribution in [0.2, 0.25) is 0 Å². The molecule has 1 unspecified atom stereocenters. The highest BCUT2D eigenvalue weighted by atomic mass is 16.5. The lowest BCUT2D eigenvalue weighted by molar-refractivity contribution is -0.141. The van der Waals surface area contributed by atoms with Crippen molar-refractivity contribution >= 4 is 5.97 Å². The minimum atomic E-state index is -0.190. The third-order valence-corrected chi connectivity index (χ3v) is 4.24. The average Bonchev–Trinajstić information content (AvgIpc) is 2.68. The molecular formula is C20H36N4O2. The SMILES string of the molecule is COC(=O)CC(NCCCNCCCCNCCCN)c1ccccc1. The van der Waals surface area contributed by atoms with Gasteiger partial charge in [-0.15, -0.1) is 0 Å². The normalized spacial score (nSPS) is 12.1. The van der Waals surface area contributed by atoms with Crippen molar-refractivity contribution in [2.45, 2.75) is 38.1 Å². The van der Waals surface area contributed by atoms with Gasteiger partial charge in [0.1, 0.15) is 0 Å². The van der Waals surface area contributed by atoms with E-state index in [9.17, 15) is 4.79 Å². The van der Waals surface area contributed by atoms with E-state index in [1.807, 2.05) is 30.3 Å². The van der Waals surface area contributed by atoms with Gasteiger partial charge in [-0.05, 0) is 70.5 Å². The lowest BCUT2D eigenvalue weighted by atomic mass is 10.0. The molecule has 0 bridgehead atoms. The molecule has 1 rings (SSSR count). The molecule has 0 aliphatic rings. The highest BCUT2D eigenvalue weighted by Gasteiger charge is 2.15. The van der Waals surface area contributed by atoms with Gasteiger partial charge in [0.15, 0.2) is 0 Å². The molecule has 0 fully saturated rings. The van der Waals surface area contributed by atoms with Crippen molar-refractivity contribution in [3.63, 3.8) is 0 Å². The molecule has 6 heteroatoms. The second kappa shape index (κ2) is 15.8. The van der Waals surface area contributed by atoms with E-state index in [1.165, 1.54) is 20.0 Å². The summed E-state index contributed by atoms with van der Waals surface area (Å²) in [5.41, 5.74) is 6.57. The minimum Gasteiger partial charge on any atom is -0.469 e. The van der Waals surface area contributed by atoms with Crippen LogP contribution in [0, 0.1) is 0 Å². The van der Waals surface area contributed by atoms with Crippen molar-refractivity contribution in [1.82, 2.24) is 16.0 Å². The molecule has 0 saturated heterocycles. The standard InChI is InChI=1S/C20H36N4O2/c1-26-20(25)17-19(18-9-3-2-4-10-18)24-16-8-15-23-13-6-5-12-22-14-7-11-21/h2-4,9-10,19,22-24H,5-8,11-17,21H2,1H3. The van der Waals surface area contributed by atoms with Crippen LogP contribution in [-0.2, 0) is 9.53 Å². The number of unbranched alkanes of at least 4 members (excludes halogenated alkanes) is 1. The van der Waals surface area contributed by atoms with Crippen molar-refractivity contribution < 1.29 is 9.53 Å². The molecule has 0 heterocycles. The van der Waals surface area contributed by atoms with Gasteiger partial charge in [-0.2, -0.15) is 0 Å². The largest absolute Gasteiger partial charge is 0.469 e. The molecule has 0 amide bonds. The highest BCUT2D eigenvalue weighted by Crippen LogP contribution is 2.16. The van der Waals surface area contributed by atoms with Crippen molar-refractivity contribution in [1.29, 1.82) is 0 Å². The molecule has 148 valence electrons. The van der Waals surface area contributed by atoms with Gasteiger partial charge in [0.05, 0.1) is 13.5 Å². The number of esters is 1. The zero-order valence-corrected chi connectivity index (χ0v) is 16.1. The molecular weight excluding hydrogens is 328 g/mol. The van der Waals surface area contributed by atoms with Gasteiger partial charge in [-0.3, -0.25) is 4.79 Å². The van der Waals surface area contributed by atoms with Crippen molar-refractivity contribution in [3.05, 3.63) is 35.9 Å². The number of hydrogen-bond acceptors (Lipinski definition) is 6. The van der Waals surface area contributed by atoms with Gasteiger partial charge in [-0.25, -0.2) is 0 Å². The molecule has 0 saturated carbocycles. The van der Waals surface area contributed by atoms with E-state index in [4.69, 9.17) is 10.5 Å². The van der Waals surface area contributed by atoms with Crippen LogP contribution in [0.1, 0.15) is 43.7 Å². The van der Waals surface area contributed by atoms with Gasteiger partial charge in [0.2, 0.25) is 0 Å². The third-order valence-electron chi connectivity index (χ3n) is 4.24. The Morgan fingerprint density at radius 2 is 1.58 bits per heavy atom. The van der Waals surface area contributed by atoms with Crippen molar-refractivity contribution in [3.8, 4) is 0 Å². The number of ether oxygens (including phenoxy) is 1. The zero-order chi connectivity index (χ0) is 18.9. The summed E-state index contributed by atoms with van der Waals surface area (Å²) in [5, 5.41) is 10.3. The summed E-state index contributed by atoms with van der Waals surface area (Å²) >= 11 is 0. The summed E-state index contributed by atoms with van der Waals surface area (Å²) in [5.74, 6) is -0.190. The fourth-order valence-corrected chi connectivity index (χ4v) is 2.71. The van der Waals surface area contributed by atoms with Crippen LogP contribution >= 0.6 is 0 Å². The van der Waals surface area contributed by atoms with Crippen LogP contribution in [0.5, 0.6) is 0 Å². The van der Waals surface area contributed by atoms with E-state index in [-0.39, 0.29) is 12.0 Å². The number of nitrogens with two attached hydrogens (primary N) is 1. The van der Waals surface area contributed by atoms with E-state index in [1.54, 1.807) is 0 Å². The smallest absolute Gasteiger partial charge is 0.307 e. The molecule has 0 aliphatic heterocycles. The maximum Gasteiger partial charge on any atom is 0.307 e. The minimum absolute atomic E-state index is 0.00300. The molecule has 6 nitrogen and oxygen atoms in total. The Kier molecular flexibility index (Phi) is 13.7. The number of carbonyl (C=O) groups excluding carboxylic acids is 1. The predicted octanol–water partition coefficient (Wildman–Crippen LogP) is 1.58. The molecule has 0 aromatic heterocycles. The Morgan fingerprint density at radius 3 is 2.19 bits per heavy atom. The zero-order valence-electron chi connectivity index (χ0n) is 16.1. The Labute approximate surface area is 158 Å². The molecule has 1 aromatic carbocycles. The molecule has 0 radical (unpaired) electrons. The van der Waals surface area contributed by atoms with Crippen LogP contribution in [0.3, 0.4) is 0 Å². The third kappa shape index (κ3) is 11.2. The van der Waals surface area contributed by atoms with E-state index >= 15 is 0 Å². The number of rotatable bonds is 16. The summed E-state index contributed by atoms with van der Waals surface area (Å²) in [7, 11) is 1.43. The maximum absolute atomic E-state index is 11.6. The highest BCUT2D eigenvalue weighted by molar-refractivity contribution is 5.70. The first-order valence-corrected chi connectivity index (χ1v) is 9.74. The Balaban J connectivity index is 2.09. The summed E-state index contributed by atoms with van der Waals surface area (Å²) < 4.78 is 4.81. The van der Waals surface area contributed by atoms with Crippen molar-refractivity contribution in [2.24, 2.45) is 5.73 Å². The molecule has 1 aromatic rings. The predicted molar refractivity (Wildman–Crippen MR) is 107 cm³/mol. The lowest BCUT2D eigenvalue weighted by Gasteiger charge is -2.18. The first-order chi connectivity index (χ1) is 12.8. The number of carbonyl (C=O) groups is 1. The van der Waals surface area contributed by atoms with E-state index in [2.05, 4.69) is 16.0 Å². The fraction of sp³-hybridized carbons (Fsp3) is 0.650. The lowest BCUT2D eigenvalue weighted by Crippen LogP contribution is -2.28. The summed E-state index contributed by atoms with van der Waals surface area (Å²) in [6, 6.07) is 10.1. The van der Waals surface area contributed by atoms with Crippen LogP contribution < -0.4 is 21.7 Å². The number of benzene rings is 1. The first kappa shape index (κ1) is 22.6. The Bertz CT molecular complexity index is 456.